The van der Waals surface area contributed by atoms with Crippen LogP contribution in [0.25, 0.3) is 0 Å². The Balaban J connectivity index is 2.00. The SMILES string of the molecule is CNC(Cc1ccc(OC)cc1)Cc1nc(C)c(C)s1. The van der Waals surface area contributed by atoms with Gasteiger partial charge in [0, 0.05) is 17.3 Å². The first kappa shape index (κ1) is 15.0. The predicted molar refractivity (Wildman–Crippen MR) is 84.8 cm³/mol. The third-order valence-electron chi connectivity index (χ3n) is 3.54. The molecular formula is C16H22N2OS. The van der Waals surface area contributed by atoms with Crippen LogP contribution in [0.2, 0.25) is 0 Å². The van der Waals surface area contributed by atoms with Crippen molar-refractivity contribution in [3.63, 3.8) is 0 Å². The molecule has 1 atom stereocenters. The minimum Gasteiger partial charge on any atom is -0.497 e. The number of thiazole rings is 1. The van der Waals surface area contributed by atoms with Crippen LogP contribution in [0.3, 0.4) is 0 Å². The van der Waals surface area contributed by atoms with Gasteiger partial charge in [-0.05, 0) is 45.0 Å². The Morgan fingerprint density at radius 1 is 1.20 bits per heavy atom. The number of methoxy groups -OCH3 is 1. The van der Waals surface area contributed by atoms with Gasteiger partial charge in [-0.3, -0.25) is 0 Å². The second-order valence-corrected chi connectivity index (χ2v) is 6.28. The van der Waals surface area contributed by atoms with Gasteiger partial charge in [-0.1, -0.05) is 12.1 Å². The van der Waals surface area contributed by atoms with Gasteiger partial charge in [0.25, 0.3) is 0 Å². The number of hydrogen-bond acceptors (Lipinski definition) is 4. The molecule has 1 heterocycles. The Labute approximate surface area is 125 Å². The van der Waals surface area contributed by atoms with Crippen LogP contribution in [0.4, 0.5) is 0 Å². The van der Waals surface area contributed by atoms with Crippen LogP contribution in [0.1, 0.15) is 21.1 Å². The fourth-order valence-electron chi connectivity index (χ4n) is 2.16. The standard InChI is InChI=1S/C16H22N2OS/c1-11-12(2)20-16(18-11)10-14(17-3)9-13-5-7-15(19-4)8-6-13/h5-8,14,17H,9-10H2,1-4H3. The highest BCUT2D eigenvalue weighted by Gasteiger charge is 2.12. The second kappa shape index (κ2) is 6.86. The number of hydrogen-bond donors (Lipinski definition) is 1. The number of rotatable bonds is 6. The summed E-state index contributed by atoms with van der Waals surface area (Å²) in [5, 5.41) is 4.61. The van der Waals surface area contributed by atoms with Crippen LogP contribution < -0.4 is 10.1 Å². The zero-order valence-corrected chi connectivity index (χ0v) is 13.4. The molecule has 0 saturated heterocycles. The molecule has 1 unspecified atom stereocenters. The number of aryl methyl sites for hydroxylation is 2. The van der Waals surface area contributed by atoms with Crippen LogP contribution in [0, 0.1) is 13.8 Å². The van der Waals surface area contributed by atoms with Gasteiger partial charge in [0.05, 0.1) is 17.8 Å². The molecule has 2 rings (SSSR count). The molecule has 0 amide bonds. The van der Waals surface area contributed by atoms with Crippen molar-refractivity contribution in [1.82, 2.24) is 10.3 Å². The van der Waals surface area contributed by atoms with Crippen molar-refractivity contribution in [2.24, 2.45) is 0 Å². The van der Waals surface area contributed by atoms with Gasteiger partial charge in [-0.15, -0.1) is 11.3 Å². The Bertz CT molecular complexity index is 529. The van der Waals surface area contributed by atoms with E-state index in [1.165, 1.54) is 15.4 Å². The van der Waals surface area contributed by atoms with E-state index in [4.69, 9.17) is 4.74 Å². The lowest BCUT2D eigenvalue weighted by Crippen LogP contribution is -2.29. The van der Waals surface area contributed by atoms with E-state index in [1.54, 1.807) is 18.4 Å². The van der Waals surface area contributed by atoms with Crippen molar-refractivity contribution < 1.29 is 4.74 Å². The number of aromatic nitrogens is 1. The summed E-state index contributed by atoms with van der Waals surface area (Å²) < 4.78 is 5.19. The van der Waals surface area contributed by atoms with Crippen LogP contribution in [-0.2, 0) is 12.8 Å². The number of benzene rings is 1. The molecule has 0 aliphatic carbocycles. The summed E-state index contributed by atoms with van der Waals surface area (Å²) in [5.41, 5.74) is 2.47. The first-order chi connectivity index (χ1) is 9.62. The molecule has 1 aromatic carbocycles. The quantitative estimate of drug-likeness (QED) is 0.887. The van der Waals surface area contributed by atoms with Gasteiger partial charge >= 0.3 is 0 Å². The number of nitrogens with zero attached hydrogens (tertiary/aromatic N) is 1. The Kier molecular flexibility index (Phi) is 5.15. The maximum absolute atomic E-state index is 5.19. The Morgan fingerprint density at radius 2 is 1.90 bits per heavy atom. The summed E-state index contributed by atoms with van der Waals surface area (Å²) in [6, 6.07) is 8.69. The fraction of sp³-hybridized carbons (Fsp3) is 0.438. The first-order valence-electron chi connectivity index (χ1n) is 6.85. The van der Waals surface area contributed by atoms with Crippen LogP contribution in [-0.4, -0.2) is 25.2 Å². The van der Waals surface area contributed by atoms with Crippen LogP contribution in [0.5, 0.6) is 5.75 Å². The van der Waals surface area contributed by atoms with E-state index in [9.17, 15) is 0 Å². The molecule has 1 N–H and O–H groups in total. The molecule has 20 heavy (non-hydrogen) atoms. The zero-order chi connectivity index (χ0) is 14.5. The number of likely N-dealkylation sites (N-methyl/N-ethyl adjacent to an activating group) is 1. The van der Waals surface area contributed by atoms with Gasteiger partial charge in [0.15, 0.2) is 0 Å². The highest BCUT2D eigenvalue weighted by molar-refractivity contribution is 7.11. The summed E-state index contributed by atoms with van der Waals surface area (Å²) in [6.45, 7) is 4.21. The third-order valence-corrected chi connectivity index (χ3v) is 4.64. The minimum atomic E-state index is 0.411. The number of nitrogens with one attached hydrogen (secondary N) is 1. The van der Waals surface area contributed by atoms with Crippen LogP contribution in [0.15, 0.2) is 24.3 Å². The van der Waals surface area contributed by atoms with Crippen molar-refractivity contribution in [1.29, 1.82) is 0 Å². The minimum absolute atomic E-state index is 0.411. The molecule has 1 aromatic heterocycles. The second-order valence-electron chi connectivity index (χ2n) is 4.99. The van der Waals surface area contributed by atoms with E-state index in [2.05, 4.69) is 36.3 Å². The fourth-order valence-corrected chi connectivity index (χ4v) is 3.17. The average molecular weight is 290 g/mol. The zero-order valence-electron chi connectivity index (χ0n) is 12.6. The molecule has 3 nitrogen and oxygen atoms in total. The predicted octanol–water partition coefficient (Wildman–Crippen LogP) is 3.14. The van der Waals surface area contributed by atoms with Crippen molar-refractivity contribution >= 4 is 11.3 Å². The Hall–Kier alpha value is -1.39. The van der Waals surface area contributed by atoms with Crippen molar-refractivity contribution in [2.45, 2.75) is 32.7 Å². The molecule has 0 bridgehead atoms. The van der Waals surface area contributed by atoms with Crippen LogP contribution >= 0.6 is 11.3 Å². The highest BCUT2D eigenvalue weighted by atomic mass is 32.1. The van der Waals surface area contributed by atoms with Gasteiger partial charge in [0.1, 0.15) is 5.75 Å². The number of ether oxygens (including phenoxy) is 1. The topological polar surface area (TPSA) is 34.1 Å². The van der Waals surface area contributed by atoms with Crippen molar-refractivity contribution in [2.75, 3.05) is 14.2 Å². The van der Waals surface area contributed by atoms with Gasteiger partial charge in [-0.25, -0.2) is 4.98 Å². The van der Waals surface area contributed by atoms with E-state index < -0.39 is 0 Å². The largest absolute Gasteiger partial charge is 0.497 e. The third kappa shape index (κ3) is 3.81. The van der Waals surface area contributed by atoms with Crippen molar-refractivity contribution in [3.8, 4) is 5.75 Å². The highest BCUT2D eigenvalue weighted by Crippen LogP contribution is 2.19. The summed E-state index contributed by atoms with van der Waals surface area (Å²) >= 11 is 1.80. The van der Waals surface area contributed by atoms with Gasteiger partial charge in [-0.2, -0.15) is 0 Å². The molecule has 0 saturated carbocycles. The molecule has 0 radical (unpaired) electrons. The van der Waals surface area contributed by atoms with Gasteiger partial charge < -0.3 is 10.1 Å². The maximum atomic E-state index is 5.19. The maximum Gasteiger partial charge on any atom is 0.118 e. The molecular weight excluding hydrogens is 268 g/mol. The van der Waals surface area contributed by atoms with E-state index in [1.807, 2.05) is 19.2 Å². The summed E-state index contributed by atoms with van der Waals surface area (Å²) in [4.78, 5) is 5.94. The smallest absolute Gasteiger partial charge is 0.118 e. The summed E-state index contributed by atoms with van der Waals surface area (Å²) in [5.74, 6) is 0.904. The first-order valence-corrected chi connectivity index (χ1v) is 7.67. The summed E-state index contributed by atoms with van der Waals surface area (Å²) in [7, 11) is 3.71. The van der Waals surface area contributed by atoms with Gasteiger partial charge in [0.2, 0.25) is 0 Å². The monoisotopic (exact) mass is 290 g/mol. The molecule has 0 aliphatic rings. The lowest BCUT2D eigenvalue weighted by molar-refractivity contribution is 0.414. The van der Waals surface area contributed by atoms with Crippen molar-refractivity contribution in [3.05, 3.63) is 45.4 Å². The molecule has 0 aliphatic heterocycles. The lowest BCUT2D eigenvalue weighted by Gasteiger charge is -2.15. The van der Waals surface area contributed by atoms with E-state index in [0.717, 1.165) is 24.3 Å². The molecule has 0 spiro atoms. The molecule has 0 fully saturated rings. The average Bonchev–Trinajstić information content (AvgIpc) is 2.77. The summed E-state index contributed by atoms with van der Waals surface area (Å²) in [6.07, 6.45) is 1.97. The Morgan fingerprint density at radius 3 is 2.40 bits per heavy atom. The molecule has 108 valence electrons. The molecule has 2 aromatic rings. The van der Waals surface area contributed by atoms with E-state index >= 15 is 0 Å². The van der Waals surface area contributed by atoms with E-state index in [-0.39, 0.29) is 0 Å². The van der Waals surface area contributed by atoms with E-state index in [0.29, 0.717) is 6.04 Å². The normalized spacial score (nSPS) is 12.4. The molecule has 4 heteroatoms. The lowest BCUT2D eigenvalue weighted by atomic mass is 10.0.